The van der Waals surface area contributed by atoms with Gasteiger partial charge in [0.1, 0.15) is 0 Å². The number of carbonyl (C=O) groups is 2. The van der Waals surface area contributed by atoms with Crippen LogP contribution >= 0.6 is 11.8 Å². The fourth-order valence-corrected chi connectivity index (χ4v) is 1.52. The molecule has 0 aliphatic carbocycles. The van der Waals surface area contributed by atoms with Crippen LogP contribution in [0.1, 0.15) is 13.8 Å². The number of urea groups is 1. The van der Waals surface area contributed by atoms with Crippen LogP contribution in [0.5, 0.6) is 0 Å². The highest BCUT2D eigenvalue weighted by Gasteiger charge is 2.10. The van der Waals surface area contributed by atoms with Gasteiger partial charge < -0.3 is 11.1 Å². The molecule has 5 N–H and O–H groups in total. The monoisotopic (exact) mass is 258 g/mol. The van der Waals surface area contributed by atoms with E-state index in [2.05, 4.69) is 25.8 Å². The third kappa shape index (κ3) is 5.20. The fraction of sp³-hybridized carbons (Fsp3) is 0.500. The average Bonchev–Trinajstić information content (AvgIpc) is 2.59. The topological polar surface area (TPSA) is 126 Å². The van der Waals surface area contributed by atoms with Gasteiger partial charge in [-0.15, -0.1) is 5.10 Å². The van der Waals surface area contributed by atoms with Crippen molar-refractivity contribution in [2.24, 2.45) is 0 Å². The molecule has 0 saturated heterocycles. The smallest absolute Gasteiger partial charge is 0.321 e. The predicted molar refractivity (Wildman–Crippen MR) is 63.3 cm³/mol. The standard InChI is InChI=1S/C8H14N6O2S/c1-4(2)10-7(16)11-5(15)3-17-8-12-6(9)13-14-8/h4H,3H2,1-2H3,(H3,9,12,13,14)(H2,10,11,15,16). The summed E-state index contributed by atoms with van der Waals surface area (Å²) in [5.74, 6) is -0.190. The lowest BCUT2D eigenvalue weighted by molar-refractivity contribution is -0.117. The molecule has 0 unspecified atom stereocenters. The molecule has 0 aliphatic rings. The number of nitrogens with zero attached hydrogens (tertiary/aromatic N) is 2. The number of aromatic nitrogens is 3. The molecule has 0 aliphatic heterocycles. The van der Waals surface area contributed by atoms with Gasteiger partial charge >= 0.3 is 6.03 Å². The van der Waals surface area contributed by atoms with E-state index in [1.54, 1.807) is 13.8 Å². The van der Waals surface area contributed by atoms with Crippen molar-refractivity contribution in [3.63, 3.8) is 0 Å². The first-order chi connectivity index (χ1) is 7.97. The van der Waals surface area contributed by atoms with Gasteiger partial charge in [-0.1, -0.05) is 11.8 Å². The minimum atomic E-state index is -0.514. The molecule has 8 nitrogen and oxygen atoms in total. The van der Waals surface area contributed by atoms with Crippen molar-refractivity contribution in [3.05, 3.63) is 0 Å². The van der Waals surface area contributed by atoms with Crippen molar-refractivity contribution in [2.75, 3.05) is 11.5 Å². The van der Waals surface area contributed by atoms with Gasteiger partial charge in [0.15, 0.2) is 0 Å². The highest BCUT2D eigenvalue weighted by atomic mass is 32.2. The fourth-order valence-electron chi connectivity index (χ4n) is 0.914. The number of thioether (sulfide) groups is 1. The summed E-state index contributed by atoms with van der Waals surface area (Å²) in [6.45, 7) is 3.60. The summed E-state index contributed by atoms with van der Waals surface area (Å²) in [7, 11) is 0. The summed E-state index contributed by atoms with van der Waals surface area (Å²) < 4.78 is 0. The van der Waals surface area contributed by atoms with Gasteiger partial charge in [0.05, 0.1) is 5.75 Å². The highest BCUT2D eigenvalue weighted by Crippen LogP contribution is 2.11. The van der Waals surface area contributed by atoms with Crippen molar-refractivity contribution >= 4 is 29.6 Å². The molecule has 0 spiro atoms. The van der Waals surface area contributed by atoms with E-state index >= 15 is 0 Å². The summed E-state index contributed by atoms with van der Waals surface area (Å²) in [4.78, 5) is 26.3. The number of imide groups is 1. The lowest BCUT2D eigenvalue weighted by Crippen LogP contribution is -2.43. The molecule has 1 aromatic heterocycles. The second-order valence-electron chi connectivity index (χ2n) is 3.47. The van der Waals surface area contributed by atoms with Crippen LogP contribution < -0.4 is 16.4 Å². The number of H-pyrrole nitrogens is 1. The molecule has 1 heterocycles. The number of amides is 3. The Morgan fingerprint density at radius 2 is 2.24 bits per heavy atom. The van der Waals surface area contributed by atoms with E-state index in [0.717, 1.165) is 11.8 Å². The average molecular weight is 258 g/mol. The molecule has 3 amide bonds. The van der Waals surface area contributed by atoms with Gasteiger partial charge in [-0.05, 0) is 13.8 Å². The van der Waals surface area contributed by atoms with Crippen LogP contribution in [-0.4, -0.2) is 38.9 Å². The van der Waals surface area contributed by atoms with Crippen LogP contribution in [0.15, 0.2) is 5.16 Å². The molecule has 0 aromatic carbocycles. The second kappa shape index (κ2) is 6.09. The minimum Gasteiger partial charge on any atom is -0.368 e. The minimum absolute atomic E-state index is 0.0248. The molecular weight excluding hydrogens is 244 g/mol. The molecule has 17 heavy (non-hydrogen) atoms. The molecule has 1 rings (SSSR count). The second-order valence-corrected chi connectivity index (χ2v) is 4.41. The van der Waals surface area contributed by atoms with Crippen LogP contribution in [0.25, 0.3) is 0 Å². The van der Waals surface area contributed by atoms with E-state index in [1.165, 1.54) is 0 Å². The number of rotatable bonds is 4. The molecule has 0 atom stereocenters. The normalized spacial score (nSPS) is 10.3. The Balaban J connectivity index is 2.28. The molecule has 0 radical (unpaired) electrons. The predicted octanol–water partition coefficient (Wildman–Crippen LogP) is -0.287. The number of nitrogens with one attached hydrogen (secondary N) is 3. The number of hydrogen-bond acceptors (Lipinski definition) is 6. The van der Waals surface area contributed by atoms with E-state index in [9.17, 15) is 9.59 Å². The Morgan fingerprint density at radius 3 is 2.76 bits per heavy atom. The van der Waals surface area contributed by atoms with Gasteiger partial charge in [0.25, 0.3) is 0 Å². The zero-order valence-electron chi connectivity index (χ0n) is 9.48. The van der Waals surface area contributed by atoms with Crippen molar-refractivity contribution in [3.8, 4) is 0 Å². The SMILES string of the molecule is CC(C)NC(=O)NC(=O)CSc1n[nH]c(N)n1. The quantitative estimate of drug-likeness (QED) is 0.550. The number of carbonyl (C=O) groups excluding carboxylic acids is 2. The van der Waals surface area contributed by atoms with Crippen LogP contribution in [0.4, 0.5) is 10.7 Å². The third-order valence-electron chi connectivity index (χ3n) is 1.49. The largest absolute Gasteiger partial charge is 0.368 e. The summed E-state index contributed by atoms with van der Waals surface area (Å²) in [6, 6.07) is -0.539. The maximum absolute atomic E-state index is 11.3. The van der Waals surface area contributed by atoms with E-state index in [-0.39, 0.29) is 17.7 Å². The number of aromatic amines is 1. The van der Waals surface area contributed by atoms with Crippen molar-refractivity contribution in [1.82, 2.24) is 25.8 Å². The molecule has 0 fully saturated rings. The Hall–Kier alpha value is -1.77. The number of nitrogens with two attached hydrogens (primary N) is 1. The zero-order valence-corrected chi connectivity index (χ0v) is 10.3. The lowest BCUT2D eigenvalue weighted by Gasteiger charge is -2.08. The van der Waals surface area contributed by atoms with Crippen LogP contribution in [0.3, 0.4) is 0 Å². The van der Waals surface area contributed by atoms with Crippen LogP contribution in [-0.2, 0) is 4.79 Å². The van der Waals surface area contributed by atoms with Crippen molar-refractivity contribution in [2.45, 2.75) is 25.0 Å². The maximum Gasteiger partial charge on any atom is 0.321 e. The van der Waals surface area contributed by atoms with Gasteiger partial charge in [0, 0.05) is 6.04 Å². The Bertz CT molecular complexity index is 404. The molecule has 94 valence electrons. The first kappa shape index (κ1) is 13.3. The van der Waals surface area contributed by atoms with Crippen molar-refractivity contribution < 1.29 is 9.59 Å². The van der Waals surface area contributed by atoms with Crippen molar-refractivity contribution in [1.29, 1.82) is 0 Å². The van der Waals surface area contributed by atoms with E-state index in [0.29, 0.717) is 5.16 Å². The molecule has 1 aromatic rings. The summed E-state index contributed by atoms with van der Waals surface area (Å²) >= 11 is 1.08. The van der Waals surface area contributed by atoms with Gasteiger partial charge in [-0.3, -0.25) is 10.1 Å². The molecule has 9 heteroatoms. The lowest BCUT2D eigenvalue weighted by atomic mass is 10.4. The van der Waals surface area contributed by atoms with Gasteiger partial charge in [0.2, 0.25) is 17.0 Å². The molecule has 0 saturated carbocycles. The number of anilines is 1. The summed E-state index contributed by atoms with van der Waals surface area (Å²) in [6.07, 6.45) is 0. The zero-order chi connectivity index (χ0) is 12.8. The van der Waals surface area contributed by atoms with E-state index in [1.807, 2.05) is 0 Å². The van der Waals surface area contributed by atoms with Crippen LogP contribution in [0.2, 0.25) is 0 Å². The summed E-state index contributed by atoms with van der Waals surface area (Å²) in [5, 5.41) is 11.3. The number of hydrogen-bond donors (Lipinski definition) is 4. The molecule has 0 bridgehead atoms. The Kier molecular flexibility index (Phi) is 4.76. The van der Waals surface area contributed by atoms with Crippen LogP contribution in [0, 0.1) is 0 Å². The highest BCUT2D eigenvalue weighted by molar-refractivity contribution is 7.99. The van der Waals surface area contributed by atoms with E-state index < -0.39 is 11.9 Å². The Labute approximate surface area is 102 Å². The number of nitrogen functional groups attached to an aromatic ring is 1. The first-order valence-electron chi connectivity index (χ1n) is 4.88. The van der Waals surface area contributed by atoms with Gasteiger partial charge in [-0.2, -0.15) is 4.98 Å². The first-order valence-corrected chi connectivity index (χ1v) is 5.87. The Morgan fingerprint density at radius 1 is 1.53 bits per heavy atom. The third-order valence-corrected chi connectivity index (χ3v) is 2.33. The van der Waals surface area contributed by atoms with Gasteiger partial charge in [-0.25, -0.2) is 9.89 Å². The molecular formula is C8H14N6O2S. The van der Waals surface area contributed by atoms with E-state index in [4.69, 9.17) is 5.73 Å². The summed E-state index contributed by atoms with van der Waals surface area (Å²) in [5.41, 5.74) is 5.31. The maximum atomic E-state index is 11.3.